The molecule has 4 atom stereocenters. The van der Waals surface area contributed by atoms with Gasteiger partial charge < -0.3 is 23.8 Å². The Bertz CT molecular complexity index is 970. The average molecular weight is 413 g/mol. The molecule has 30 heavy (non-hydrogen) atoms. The van der Waals surface area contributed by atoms with E-state index in [1.54, 1.807) is 30.9 Å². The fraction of sp³-hybridized carbons (Fsp3) is 0.500. The molecule has 8 heteroatoms. The first kappa shape index (κ1) is 19.0. The zero-order valence-electron chi connectivity index (χ0n) is 16.9. The molecule has 1 spiro atoms. The van der Waals surface area contributed by atoms with Gasteiger partial charge in [0.1, 0.15) is 0 Å². The fourth-order valence-corrected chi connectivity index (χ4v) is 5.64. The summed E-state index contributed by atoms with van der Waals surface area (Å²) < 4.78 is 21.7. The molecule has 2 heterocycles. The molecule has 8 nitrogen and oxygen atoms in total. The highest BCUT2D eigenvalue weighted by Crippen LogP contribution is 2.62. The number of rotatable bonds is 3. The molecule has 4 aliphatic rings. The largest absolute Gasteiger partial charge is 0.513 e. The minimum absolute atomic E-state index is 0.0788. The van der Waals surface area contributed by atoms with Crippen LogP contribution < -0.4 is 9.47 Å². The molecule has 0 aromatic heterocycles. The summed E-state index contributed by atoms with van der Waals surface area (Å²) in [7, 11) is 0. The van der Waals surface area contributed by atoms with Gasteiger partial charge in [0, 0.05) is 24.1 Å². The van der Waals surface area contributed by atoms with E-state index in [1.165, 1.54) is 0 Å². The van der Waals surface area contributed by atoms with E-state index >= 15 is 0 Å². The summed E-state index contributed by atoms with van der Waals surface area (Å²) in [5.41, 5.74) is 1.36. The van der Waals surface area contributed by atoms with Crippen LogP contribution in [0.2, 0.25) is 0 Å². The smallest absolute Gasteiger partial charge is 0.477 e. The summed E-state index contributed by atoms with van der Waals surface area (Å²) in [6, 6.07) is 3.44. The van der Waals surface area contributed by atoms with Gasteiger partial charge in [-0.05, 0) is 44.4 Å². The third kappa shape index (κ3) is 2.42. The molecule has 1 fully saturated rings. The van der Waals surface area contributed by atoms with Gasteiger partial charge in [0.05, 0.1) is 18.6 Å². The van der Waals surface area contributed by atoms with Crippen molar-refractivity contribution >= 4 is 18.0 Å². The molecule has 1 aromatic carbocycles. The van der Waals surface area contributed by atoms with Gasteiger partial charge in [-0.3, -0.25) is 4.79 Å². The monoisotopic (exact) mass is 413 g/mol. The predicted molar refractivity (Wildman–Crippen MR) is 104 cm³/mol. The number of amides is 1. The topological polar surface area (TPSA) is 91.4 Å². The van der Waals surface area contributed by atoms with Crippen LogP contribution >= 0.6 is 0 Å². The molecule has 158 valence electrons. The summed E-state index contributed by atoms with van der Waals surface area (Å²) in [6.07, 6.45) is 2.81. The Kier molecular flexibility index (Phi) is 4.27. The van der Waals surface area contributed by atoms with Gasteiger partial charge in [0.2, 0.25) is 0 Å². The molecular formula is C22H23NO7. The first-order chi connectivity index (χ1) is 14.5. The van der Waals surface area contributed by atoms with E-state index in [1.807, 2.05) is 12.1 Å². The first-order valence-electron chi connectivity index (χ1n) is 10.3. The Labute approximate surface area is 173 Å². The number of piperidine rings is 1. The van der Waals surface area contributed by atoms with Gasteiger partial charge in [-0.15, -0.1) is 0 Å². The molecule has 1 aromatic rings. The number of ether oxygens (including phenoxy) is 4. The first-order valence-corrected chi connectivity index (χ1v) is 10.3. The number of likely N-dealkylation sites (tertiary alicyclic amines) is 1. The number of hydrogen-bond acceptors (Lipinski definition) is 7. The third-order valence-electron chi connectivity index (χ3n) is 6.67. The van der Waals surface area contributed by atoms with Crippen LogP contribution in [0.4, 0.5) is 9.59 Å². The Morgan fingerprint density at radius 1 is 1.23 bits per heavy atom. The van der Waals surface area contributed by atoms with Crippen molar-refractivity contribution in [1.29, 1.82) is 0 Å². The Morgan fingerprint density at radius 2 is 2.03 bits per heavy atom. The Balaban J connectivity index is 1.62. The van der Waals surface area contributed by atoms with Crippen molar-refractivity contribution in [3.8, 4) is 11.5 Å². The van der Waals surface area contributed by atoms with Crippen molar-refractivity contribution in [3.05, 3.63) is 35.4 Å². The lowest BCUT2D eigenvalue weighted by Gasteiger charge is -2.55. The second-order valence-electron chi connectivity index (χ2n) is 7.95. The van der Waals surface area contributed by atoms with Crippen LogP contribution in [0.5, 0.6) is 11.5 Å². The highest BCUT2D eigenvalue weighted by atomic mass is 16.7. The molecule has 0 saturated carbocycles. The summed E-state index contributed by atoms with van der Waals surface area (Å²) >= 11 is 0. The van der Waals surface area contributed by atoms with E-state index in [4.69, 9.17) is 18.9 Å². The van der Waals surface area contributed by atoms with E-state index in [-0.39, 0.29) is 36.2 Å². The maximum Gasteiger partial charge on any atom is 0.513 e. The van der Waals surface area contributed by atoms with E-state index < -0.39 is 17.7 Å². The summed E-state index contributed by atoms with van der Waals surface area (Å²) in [5, 5.41) is 0. The number of carbonyl (C=O) groups excluding carboxylic acids is 3. The number of benzene rings is 1. The van der Waals surface area contributed by atoms with Gasteiger partial charge in [0.25, 0.3) is 0 Å². The van der Waals surface area contributed by atoms with Crippen molar-refractivity contribution in [2.75, 3.05) is 19.8 Å². The third-order valence-corrected chi connectivity index (χ3v) is 6.67. The lowest BCUT2D eigenvalue weighted by molar-refractivity contribution is -0.127. The minimum atomic E-state index is -0.809. The molecule has 0 N–H and O–H groups in total. The normalized spacial score (nSPS) is 29.7. The molecule has 5 rings (SSSR count). The summed E-state index contributed by atoms with van der Waals surface area (Å²) in [6.45, 7) is 4.47. The van der Waals surface area contributed by atoms with Crippen LogP contribution in [0.25, 0.3) is 0 Å². The lowest BCUT2D eigenvalue weighted by Crippen LogP contribution is -2.65. The quantitative estimate of drug-likeness (QED) is 0.556. The lowest BCUT2D eigenvalue weighted by atomic mass is 9.53. The van der Waals surface area contributed by atoms with Gasteiger partial charge in [0.15, 0.2) is 23.4 Å². The maximum atomic E-state index is 12.8. The van der Waals surface area contributed by atoms with Gasteiger partial charge in [-0.1, -0.05) is 12.1 Å². The molecular weight excluding hydrogens is 390 g/mol. The van der Waals surface area contributed by atoms with Gasteiger partial charge in [-0.25, -0.2) is 9.59 Å². The van der Waals surface area contributed by atoms with E-state index in [0.29, 0.717) is 31.7 Å². The molecule has 1 amide bonds. The molecule has 0 unspecified atom stereocenters. The predicted octanol–water partition coefficient (Wildman–Crippen LogP) is 2.76. The average Bonchev–Trinajstić information content (AvgIpc) is 3.06. The second kappa shape index (κ2) is 6.75. The zero-order valence-corrected chi connectivity index (χ0v) is 16.9. The van der Waals surface area contributed by atoms with Crippen LogP contribution in [-0.4, -0.2) is 54.8 Å². The van der Waals surface area contributed by atoms with Crippen LogP contribution in [0.3, 0.4) is 0 Å². The van der Waals surface area contributed by atoms with Crippen LogP contribution in [-0.2, 0) is 26.1 Å². The van der Waals surface area contributed by atoms with E-state index in [9.17, 15) is 14.4 Å². The van der Waals surface area contributed by atoms with E-state index in [2.05, 4.69) is 0 Å². The highest BCUT2D eigenvalue weighted by Gasteiger charge is 2.65. The standard InChI is InChI=1S/C22H23NO7/c1-3-27-20(25)23-10-9-22-13-6-7-15(24)19(22)30-18-16(29-21(26)28-4-2)8-5-12(17(18)22)11-14(13)23/h5-8,13-14,19H,3-4,9-11H2,1-2H3/t13-,14+,19+,22+/m1/s1. The number of nitrogens with zero attached hydrogens (tertiary/aromatic N) is 1. The van der Waals surface area contributed by atoms with Crippen LogP contribution in [0.1, 0.15) is 31.4 Å². The Morgan fingerprint density at radius 3 is 2.80 bits per heavy atom. The molecule has 0 radical (unpaired) electrons. The molecule has 2 aliphatic heterocycles. The SMILES string of the molecule is CCOC(=O)Oc1ccc2c3c1O[C@H]1C(=O)C=C[C@@H]4[C@H](C2)N(C(=O)OCC)CC[C@@]341. The van der Waals surface area contributed by atoms with Crippen LogP contribution in [0, 0.1) is 5.92 Å². The van der Waals surface area contributed by atoms with Crippen molar-refractivity contribution in [1.82, 2.24) is 4.90 Å². The molecule has 2 bridgehead atoms. The van der Waals surface area contributed by atoms with Gasteiger partial charge >= 0.3 is 12.2 Å². The fourth-order valence-electron chi connectivity index (χ4n) is 5.64. The van der Waals surface area contributed by atoms with Crippen molar-refractivity contribution in [2.45, 2.75) is 44.2 Å². The van der Waals surface area contributed by atoms with Crippen molar-refractivity contribution in [2.24, 2.45) is 5.92 Å². The Hall–Kier alpha value is -3.03. The van der Waals surface area contributed by atoms with Crippen molar-refractivity contribution in [3.63, 3.8) is 0 Å². The number of hydrogen-bond donors (Lipinski definition) is 0. The van der Waals surface area contributed by atoms with Gasteiger partial charge in [-0.2, -0.15) is 0 Å². The second-order valence-corrected chi connectivity index (χ2v) is 7.95. The number of carbonyl (C=O) groups is 3. The maximum absolute atomic E-state index is 12.8. The van der Waals surface area contributed by atoms with Crippen molar-refractivity contribution < 1.29 is 33.3 Å². The number of ketones is 1. The molecule has 1 saturated heterocycles. The summed E-state index contributed by atoms with van der Waals surface area (Å²) in [4.78, 5) is 39.1. The van der Waals surface area contributed by atoms with Crippen LogP contribution in [0.15, 0.2) is 24.3 Å². The zero-order chi connectivity index (χ0) is 21.0. The summed E-state index contributed by atoms with van der Waals surface area (Å²) in [5.74, 6) is 0.509. The highest BCUT2D eigenvalue weighted by molar-refractivity contribution is 5.98. The van der Waals surface area contributed by atoms with E-state index in [0.717, 1.165) is 11.1 Å². The molecule has 2 aliphatic carbocycles. The minimum Gasteiger partial charge on any atom is -0.477 e.